The summed E-state index contributed by atoms with van der Waals surface area (Å²) in [6.07, 6.45) is 3.89. The number of ether oxygens (including phenoxy) is 1. The van der Waals surface area contributed by atoms with Crippen LogP contribution < -0.4 is 16.4 Å². The molecule has 1 aliphatic heterocycles. The normalized spacial score (nSPS) is 23.3. The molecule has 2 heterocycles. The molecule has 4 N–H and O–H groups in total. The molecular weight excluding hydrogens is 438 g/mol. The number of hydroxylamine groups is 2. The number of nitrogens with two attached hydrogens (primary N) is 1. The summed E-state index contributed by atoms with van der Waals surface area (Å²) in [4.78, 5) is 46.8. The molecule has 3 atom stereocenters. The van der Waals surface area contributed by atoms with Crippen LogP contribution in [0.2, 0.25) is 0 Å². The predicted octanol–water partition coefficient (Wildman–Crippen LogP) is 1.49. The minimum Gasteiger partial charge on any atom is -0.442 e. The SMILES string of the molecule is CC(=O)ON1CCNCC1OC(=O)C1CCCCC1C(=O)NCc1ccc2ccnc(N)c2c1. The highest BCUT2D eigenvalue weighted by Crippen LogP contribution is 2.32. The van der Waals surface area contributed by atoms with E-state index in [9.17, 15) is 14.4 Å². The van der Waals surface area contributed by atoms with Crippen LogP contribution in [0.25, 0.3) is 10.8 Å². The number of fused-ring (bicyclic) bond motifs is 1. The molecule has 0 bridgehead atoms. The molecule has 34 heavy (non-hydrogen) atoms. The average molecular weight is 470 g/mol. The van der Waals surface area contributed by atoms with Gasteiger partial charge in [-0.05, 0) is 35.9 Å². The van der Waals surface area contributed by atoms with Gasteiger partial charge in [0.2, 0.25) is 5.91 Å². The zero-order chi connectivity index (χ0) is 24.1. The van der Waals surface area contributed by atoms with Crippen LogP contribution in [0.1, 0.15) is 38.2 Å². The highest BCUT2D eigenvalue weighted by Gasteiger charge is 2.39. The van der Waals surface area contributed by atoms with Crippen molar-refractivity contribution in [1.29, 1.82) is 0 Å². The van der Waals surface area contributed by atoms with E-state index in [4.69, 9.17) is 15.3 Å². The van der Waals surface area contributed by atoms with E-state index in [1.807, 2.05) is 24.3 Å². The molecule has 1 saturated heterocycles. The van der Waals surface area contributed by atoms with Crippen LogP contribution in [0.15, 0.2) is 30.5 Å². The Hall–Kier alpha value is -3.24. The van der Waals surface area contributed by atoms with E-state index in [0.717, 1.165) is 29.2 Å². The highest BCUT2D eigenvalue weighted by atomic mass is 16.7. The predicted molar refractivity (Wildman–Crippen MR) is 125 cm³/mol. The number of carbonyl (C=O) groups is 3. The first-order valence-corrected chi connectivity index (χ1v) is 11.7. The van der Waals surface area contributed by atoms with E-state index in [1.54, 1.807) is 6.20 Å². The number of esters is 1. The molecule has 1 saturated carbocycles. The lowest BCUT2D eigenvalue weighted by Crippen LogP contribution is -2.54. The largest absolute Gasteiger partial charge is 0.442 e. The maximum Gasteiger partial charge on any atom is 0.322 e. The fourth-order valence-electron chi connectivity index (χ4n) is 4.65. The Morgan fingerprint density at radius 2 is 2.00 bits per heavy atom. The van der Waals surface area contributed by atoms with Crippen molar-refractivity contribution in [2.45, 2.75) is 45.4 Å². The minimum absolute atomic E-state index is 0.167. The number of piperazine rings is 1. The molecule has 2 aromatic rings. The van der Waals surface area contributed by atoms with Gasteiger partial charge < -0.3 is 25.9 Å². The van der Waals surface area contributed by atoms with Crippen molar-refractivity contribution in [1.82, 2.24) is 20.7 Å². The fraction of sp³-hybridized carbons (Fsp3) is 0.500. The molecule has 2 fully saturated rings. The van der Waals surface area contributed by atoms with Crippen LogP contribution >= 0.6 is 0 Å². The van der Waals surface area contributed by atoms with E-state index in [-0.39, 0.29) is 5.91 Å². The van der Waals surface area contributed by atoms with E-state index in [1.165, 1.54) is 12.0 Å². The maximum absolute atomic E-state index is 13.1. The van der Waals surface area contributed by atoms with Gasteiger partial charge >= 0.3 is 11.9 Å². The first kappa shape index (κ1) is 23.9. The number of nitrogens with zero attached hydrogens (tertiary/aromatic N) is 2. The second kappa shape index (κ2) is 10.8. The molecule has 4 rings (SSSR count). The van der Waals surface area contributed by atoms with Crippen LogP contribution in [-0.2, 0) is 30.5 Å². The lowest BCUT2D eigenvalue weighted by molar-refractivity contribution is -0.247. The molecule has 2 aliphatic rings. The number of nitrogen functional groups attached to an aromatic ring is 1. The summed E-state index contributed by atoms with van der Waals surface area (Å²) >= 11 is 0. The second-order valence-corrected chi connectivity index (χ2v) is 8.79. The quantitative estimate of drug-likeness (QED) is 0.538. The Morgan fingerprint density at radius 1 is 1.21 bits per heavy atom. The Kier molecular flexibility index (Phi) is 7.59. The second-order valence-electron chi connectivity index (χ2n) is 8.79. The summed E-state index contributed by atoms with van der Waals surface area (Å²) in [7, 11) is 0. The van der Waals surface area contributed by atoms with Gasteiger partial charge in [-0.25, -0.2) is 4.98 Å². The third kappa shape index (κ3) is 5.63. The summed E-state index contributed by atoms with van der Waals surface area (Å²) in [5.74, 6) is -1.63. The summed E-state index contributed by atoms with van der Waals surface area (Å²) in [5.41, 5.74) is 6.88. The number of nitrogens with one attached hydrogen (secondary N) is 2. The van der Waals surface area contributed by atoms with E-state index < -0.39 is 30.0 Å². The topological polar surface area (TPSA) is 136 Å². The van der Waals surface area contributed by atoms with Crippen molar-refractivity contribution in [3.63, 3.8) is 0 Å². The summed E-state index contributed by atoms with van der Waals surface area (Å²) in [6, 6.07) is 7.69. The minimum atomic E-state index is -0.715. The molecule has 1 aliphatic carbocycles. The third-order valence-electron chi connectivity index (χ3n) is 6.38. The van der Waals surface area contributed by atoms with Crippen LogP contribution in [0, 0.1) is 11.8 Å². The number of rotatable bonds is 6. The van der Waals surface area contributed by atoms with Crippen LogP contribution in [0.4, 0.5) is 5.82 Å². The van der Waals surface area contributed by atoms with Gasteiger partial charge in [0.05, 0.1) is 18.4 Å². The Morgan fingerprint density at radius 3 is 2.79 bits per heavy atom. The van der Waals surface area contributed by atoms with Gasteiger partial charge in [0, 0.05) is 38.1 Å². The van der Waals surface area contributed by atoms with Gasteiger partial charge in [-0.15, -0.1) is 0 Å². The average Bonchev–Trinajstić information content (AvgIpc) is 2.84. The van der Waals surface area contributed by atoms with Gasteiger partial charge in [-0.2, -0.15) is 0 Å². The van der Waals surface area contributed by atoms with Crippen molar-refractivity contribution in [3.05, 3.63) is 36.0 Å². The van der Waals surface area contributed by atoms with Gasteiger partial charge in [0.15, 0.2) is 6.23 Å². The van der Waals surface area contributed by atoms with Crippen LogP contribution in [0.3, 0.4) is 0 Å². The van der Waals surface area contributed by atoms with Crippen molar-refractivity contribution < 1.29 is 24.0 Å². The number of hydrogen-bond acceptors (Lipinski definition) is 9. The molecule has 3 unspecified atom stereocenters. The molecule has 1 aromatic heterocycles. The van der Waals surface area contributed by atoms with E-state index in [2.05, 4.69) is 15.6 Å². The highest BCUT2D eigenvalue weighted by molar-refractivity contribution is 5.91. The number of anilines is 1. The summed E-state index contributed by atoms with van der Waals surface area (Å²) < 4.78 is 5.70. The van der Waals surface area contributed by atoms with E-state index in [0.29, 0.717) is 44.8 Å². The zero-order valence-corrected chi connectivity index (χ0v) is 19.3. The standard InChI is InChI=1S/C24H31N5O5/c1-15(30)34-29-11-10-26-14-21(29)33-24(32)19-5-3-2-4-18(19)23(31)28-13-16-6-7-17-8-9-27-22(25)20(17)12-16/h6-9,12,18-19,21,26H,2-5,10-11,13-14H2,1H3,(H2,25,27)(H,28,31). The van der Waals surface area contributed by atoms with Crippen LogP contribution in [0.5, 0.6) is 0 Å². The van der Waals surface area contributed by atoms with Gasteiger partial charge in [0.1, 0.15) is 5.82 Å². The molecule has 182 valence electrons. The van der Waals surface area contributed by atoms with Crippen LogP contribution in [-0.4, -0.2) is 53.8 Å². The molecule has 10 heteroatoms. The number of benzene rings is 1. The fourth-order valence-corrected chi connectivity index (χ4v) is 4.65. The molecule has 0 radical (unpaired) electrons. The molecule has 1 amide bonds. The maximum atomic E-state index is 13.1. The number of amides is 1. The van der Waals surface area contributed by atoms with Crippen molar-refractivity contribution in [3.8, 4) is 0 Å². The van der Waals surface area contributed by atoms with E-state index >= 15 is 0 Å². The van der Waals surface area contributed by atoms with Gasteiger partial charge in [-0.1, -0.05) is 30.0 Å². The Labute approximate surface area is 198 Å². The zero-order valence-electron chi connectivity index (χ0n) is 19.3. The lowest BCUT2D eigenvalue weighted by Gasteiger charge is -2.35. The number of hydrogen-bond donors (Lipinski definition) is 3. The van der Waals surface area contributed by atoms with Gasteiger partial charge in [-0.3, -0.25) is 14.4 Å². The van der Waals surface area contributed by atoms with Crippen molar-refractivity contribution >= 4 is 34.4 Å². The number of carbonyl (C=O) groups excluding carboxylic acids is 3. The summed E-state index contributed by atoms with van der Waals surface area (Å²) in [6.45, 7) is 3.02. The Balaban J connectivity index is 1.39. The number of aromatic nitrogens is 1. The first-order chi connectivity index (χ1) is 16.4. The third-order valence-corrected chi connectivity index (χ3v) is 6.38. The van der Waals surface area contributed by atoms with Crippen molar-refractivity contribution in [2.24, 2.45) is 11.8 Å². The smallest absolute Gasteiger partial charge is 0.322 e. The molecule has 1 aromatic carbocycles. The molecular formula is C24H31N5O5. The number of pyridine rings is 1. The van der Waals surface area contributed by atoms with Gasteiger partial charge in [0.25, 0.3) is 0 Å². The molecule has 0 spiro atoms. The van der Waals surface area contributed by atoms with Crippen molar-refractivity contribution in [2.75, 3.05) is 25.4 Å². The monoisotopic (exact) mass is 469 g/mol. The lowest BCUT2D eigenvalue weighted by atomic mass is 9.78. The summed E-state index contributed by atoms with van der Waals surface area (Å²) in [5, 5.41) is 9.32. The Bertz CT molecular complexity index is 1060. The molecule has 10 nitrogen and oxygen atoms in total. The first-order valence-electron chi connectivity index (χ1n) is 11.7.